The summed E-state index contributed by atoms with van der Waals surface area (Å²) in [7, 11) is 0. The molecule has 1 N–H and O–H groups in total. The van der Waals surface area contributed by atoms with E-state index in [0.29, 0.717) is 17.8 Å². The fourth-order valence-corrected chi connectivity index (χ4v) is 7.58. The maximum atomic E-state index is 13.1. The molecule has 4 nitrogen and oxygen atoms in total. The third-order valence-electron chi connectivity index (χ3n) is 9.01. The van der Waals surface area contributed by atoms with E-state index in [1.807, 2.05) is 0 Å². The molecule has 0 aromatic carbocycles. The highest BCUT2D eigenvalue weighted by molar-refractivity contribution is 5.83. The fraction of sp³-hybridized carbons (Fsp3) is 0.840. The van der Waals surface area contributed by atoms with E-state index in [-0.39, 0.29) is 40.3 Å². The van der Waals surface area contributed by atoms with Crippen molar-refractivity contribution in [1.82, 2.24) is 5.32 Å². The molecular formula is C25H39NO3. The van der Waals surface area contributed by atoms with Crippen molar-refractivity contribution in [3.8, 4) is 0 Å². The lowest BCUT2D eigenvalue weighted by Gasteiger charge is -2.57. The highest BCUT2D eigenvalue weighted by Crippen LogP contribution is 2.64. The van der Waals surface area contributed by atoms with Gasteiger partial charge in [-0.05, 0) is 82.0 Å². The third kappa shape index (κ3) is 3.55. The summed E-state index contributed by atoms with van der Waals surface area (Å²) in [6.07, 6.45) is 12.4. The molecule has 7 atom stereocenters. The number of amides is 1. The first-order valence-corrected chi connectivity index (χ1v) is 11.8. The molecule has 4 heteroatoms. The summed E-state index contributed by atoms with van der Waals surface area (Å²) in [5.41, 5.74) is 0.114. The monoisotopic (exact) mass is 401 g/mol. The number of nitrogens with one attached hydrogen (secondary N) is 1. The molecular weight excluding hydrogens is 362 g/mol. The van der Waals surface area contributed by atoms with Crippen LogP contribution in [-0.2, 0) is 14.3 Å². The zero-order valence-electron chi connectivity index (χ0n) is 18.9. The number of hydrogen-bond acceptors (Lipinski definition) is 3. The van der Waals surface area contributed by atoms with Crippen molar-refractivity contribution in [1.29, 1.82) is 0 Å². The Bertz CT molecular complexity index is 713. The second-order valence-electron chi connectivity index (χ2n) is 11.5. The second kappa shape index (κ2) is 7.13. The van der Waals surface area contributed by atoms with Gasteiger partial charge in [-0.1, -0.05) is 33.3 Å². The molecule has 0 aromatic heterocycles. The Labute approximate surface area is 176 Å². The predicted octanol–water partition coefficient (Wildman–Crippen LogP) is 5.02. The van der Waals surface area contributed by atoms with E-state index >= 15 is 0 Å². The number of hydrogen-bond donors (Lipinski definition) is 1. The fourth-order valence-electron chi connectivity index (χ4n) is 7.58. The first-order chi connectivity index (χ1) is 13.6. The number of rotatable bonds is 4. The van der Waals surface area contributed by atoms with Gasteiger partial charge in [0.05, 0.1) is 0 Å². The summed E-state index contributed by atoms with van der Waals surface area (Å²) in [6.45, 7) is 11.2. The summed E-state index contributed by atoms with van der Waals surface area (Å²) < 4.78 is 5.73. The van der Waals surface area contributed by atoms with E-state index in [4.69, 9.17) is 4.74 Å². The molecule has 162 valence electrons. The second-order valence-corrected chi connectivity index (χ2v) is 11.5. The number of fused-ring (bicyclic) bond motifs is 5. The van der Waals surface area contributed by atoms with E-state index in [1.54, 1.807) is 6.08 Å². The molecule has 2 unspecified atom stereocenters. The Balaban J connectivity index is 1.51. The van der Waals surface area contributed by atoms with Crippen LogP contribution in [0.3, 0.4) is 0 Å². The van der Waals surface area contributed by atoms with Crippen molar-refractivity contribution in [2.45, 2.75) is 97.6 Å². The van der Waals surface area contributed by atoms with Crippen LogP contribution in [0.25, 0.3) is 0 Å². The molecule has 4 rings (SSSR count). The molecule has 1 aliphatic heterocycles. The first kappa shape index (κ1) is 20.9. The summed E-state index contributed by atoms with van der Waals surface area (Å²) >= 11 is 0. The van der Waals surface area contributed by atoms with Crippen LogP contribution in [-0.4, -0.2) is 23.5 Å². The average molecular weight is 402 g/mol. The summed E-state index contributed by atoms with van der Waals surface area (Å²) in [6, 6.07) is 0. The van der Waals surface area contributed by atoms with Crippen molar-refractivity contribution >= 4 is 11.9 Å². The van der Waals surface area contributed by atoms with Gasteiger partial charge < -0.3 is 10.1 Å². The molecule has 0 radical (unpaired) electrons. The SMILES string of the molecule is CCCC(C)(C)NC(=O)C1C[C@H]2[C@@H]3CCC4OC(=O)C=C[C@]4(C)[C@@H]3CC[C@]2(C)C1. The first-order valence-electron chi connectivity index (χ1n) is 11.8. The number of carbonyl (C=O) groups is 2. The van der Waals surface area contributed by atoms with Crippen molar-refractivity contribution in [3.63, 3.8) is 0 Å². The van der Waals surface area contributed by atoms with Crippen molar-refractivity contribution < 1.29 is 14.3 Å². The largest absolute Gasteiger partial charge is 0.458 e. The minimum atomic E-state index is -0.182. The maximum absolute atomic E-state index is 13.1. The van der Waals surface area contributed by atoms with Crippen molar-refractivity contribution in [2.75, 3.05) is 0 Å². The molecule has 4 aliphatic rings. The van der Waals surface area contributed by atoms with Crippen molar-refractivity contribution in [2.24, 2.45) is 34.5 Å². The highest BCUT2D eigenvalue weighted by Gasteiger charge is 2.60. The Morgan fingerprint density at radius 1 is 1.24 bits per heavy atom. The van der Waals surface area contributed by atoms with Gasteiger partial charge in [0.2, 0.25) is 5.91 Å². The normalized spacial score (nSPS) is 43.8. The van der Waals surface area contributed by atoms with Gasteiger partial charge in [0.1, 0.15) is 6.10 Å². The predicted molar refractivity (Wildman–Crippen MR) is 114 cm³/mol. The maximum Gasteiger partial charge on any atom is 0.330 e. The lowest BCUT2D eigenvalue weighted by molar-refractivity contribution is -0.166. The molecule has 3 fully saturated rings. The number of esters is 1. The Kier molecular flexibility index (Phi) is 5.15. The topological polar surface area (TPSA) is 55.4 Å². The number of carbonyl (C=O) groups excluding carboxylic acids is 2. The van der Waals surface area contributed by atoms with E-state index in [0.717, 1.165) is 38.5 Å². The van der Waals surface area contributed by atoms with E-state index in [9.17, 15) is 9.59 Å². The minimum Gasteiger partial charge on any atom is -0.458 e. The smallest absolute Gasteiger partial charge is 0.330 e. The number of ether oxygens (including phenoxy) is 1. The quantitative estimate of drug-likeness (QED) is 0.673. The van der Waals surface area contributed by atoms with Gasteiger partial charge in [-0.25, -0.2) is 4.79 Å². The molecule has 0 aromatic rings. The average Bonchev–Trinajstić information content (AvgIpc) is 3.00. The van der Waals surface area contributed by atoms with Gasteiger partial charge in [0.15, 0.2) is 0 Å². The van der Waals surface area contributed by atoms with Crippen molar-refractivity contribution in [3.05, 3.63) is 12.2 Å². The van der Waals surface area contributed by atoms with Crippen LogP contribution in [0.15, 0.2) is 12.2 Å². The molecule has 0 spiro atoms. The van der Waals surface area contributed by atoms with Crippen LogP contribution in [0.5, 0.6) is 0 Å². The van der Waals surface area contributed by atoms with E-state index in [1.165, 1.54) is 12.8 Å². The van der Waals surface area contributed by atoms with Crippen LogP contribution >= 0.6 is 0 Å². The van der Waals surface area contributed by atoms with E-state index in [2.05, 4.69) is 46.0 Å². The van der Waals surface area contributed by atoms with Gasteiger partial charge >= 0.3 is 5.97 Å². The van der Waals surface area contributed by atoms with E-state index < -0.39 is 0 Å². The minimum absolute atomic E-state index is 0.0287. The van der Waals surface area contributed by atoms with Gasteiger partial charge in [0.25, 0.3) is 0 Å². The van der Waals surface area contributed by atoms with Crippen LogP contribution in [0.4, 0.5) is 0 Å². The molecule has 0 saturated heterocycles. The third-order valence-corrected chi connectivity index (χ3v) is 9.01. The molecule has 3 saturated carbocycles. The Morgan fingerprint density at radius 3 is 2.72 bits per heavy atom. The van der Waals surface area contributed by atoms with Crippen LogP contribution in [0.2, 0.25) is 0 Å². The lowest BCUT2D eigenvalue weighted by atomic mass is 9.49. The molecule has 0 bridgehead atoms. The lowest BCUT2D eigenvalue weighted by Crippen LogP contribution is -2.54. The van der Waals surface area contributed by atoms with Crippen LogP contribution < -0.4 is 5.32 Å². The standard InChI is InChI=1S/C25H39NO3/c1-6-11-23(2,3)26-22(28)16-14-19-17-7-8-20-25(5,13-10-21(27)29-20)18(17)9-12-24(19,4)15-16/h10,13,16-20H,6-9,11-12,14-15H2,1-5H3,(H,26,28)/t16?,17-,18-,19+,20?,24-,25-/m1/s1. The summed E-state index contributed by atoms with van der Waals surface area (Å²) in [4.78, 5) is 24.9. The molecule has 1 amide bonds. The van der Waals surface area contributed by atoms with Crippen LogP contribution in [0.1, 0.15) is 86.0 Å². The van der Waals surface area contributed by atoms with Gasteiger partial charge in [-0.15, -0.1) is 0 Å². The summed E-state index contributed by atoms with van der Waals surface area (Å²) in [5.74, 6) is 2.03. The zero-order chi connectivity index (χ0) is 21.0. The summed E-state index contributed by atoms with van der Waals surface area (Å²) in [5, 5.41) is 3.35. The Morgan fingerprint density at radius 2 is 2.00 bits per heavy atom. The van der Waals surface area contributed by atoms with Gasteiger partial charge in [-0.3, -0.25) is 4.79 Å². The Hall–Kier alpha value is -1.32. The molecule has 3 aliphatic carbocycles. The van der Waals surface area contributed by atoms with Gasteiger partial charge in [-0.2, -0.15) is 0 Å². The molecule has 1 heterocycles. The van der Waals surface area contributed by atoms with Gasteiger partial charge in [0, 0.05) is 22.9 Å². The molecule has 29 heavy (non-hydrogen) atoms. The van der Waals surface area contributed by atoms with Crippen LogP contribution in [0, 0.1) is 34.5 Å². The highest BCUT2D eigenvalue weighted by atomic mass is 16.5. The zero-order valence-corrected chi connectivity index (χ0v) is 18.9.